The third kappa shape index (κ3) is 7.72. The molecule has 2 aliphatic heterocycles. The van der Waals surface area contributed by atoms with Crippen molar-refractivity contribution in [3.63, 3.8) is 0 Å². The Morgan fingerprint density at radius 1 is 1.11 bits per heavy atom. The molecule has 2 N–H and O–H groups in total. The molecular formula is C31H37ClFN7O3S. The van der Waals surface area contributed by atoms with Gasteiger partial charge in [-0.25, -0.2) is 9.37 Å². The number of carbonyl (C=O) groups excluding carboxylic acids is 2. The summed E-state index contributed by atoms with van der Waals surface area (Å²) in [4.78, 5) is 41.1. The van der Waals surface area contributed by atoms with Crippen LogP contribution in [0.2, 0.25) is 5.02 Å². The Kier molecular flexibility index (Phi) is 11.7. The lowest BCUT2D eigenvalue weighted by Crippen LogP contribution is -2.49. The zero-order chi connectivity index (χ0) is 31.6. The summed E-state index contributed by atoms with van der Waals surface area (Å²) in [5.41, 5.74) is 1.59. The maximum atomic E-state index is 13.6. The minimum Gasteiger partial charge on any atom is -0.493 e. The number of halogens is 2. The number of anilines is 1. The fourth-order valence-corrected chi connectivity index (χ4v) is 6.53. The number of amides is 2. The van der Waals surface area contributed by atoms with Crippen LogP contribution in [0.4, 0.5) is 10.2 Å². The number of nitrogens with two attached hydrogens (primary N) is 1. The normalized spacial score (nSPS) is 15.5. The number of methoxy groups -OCH3 is 1. The van der Waals surface area contributed by atoms with Gasteiger partial charge in [0, 0.05) is 75.0 Å². The molecule has 234 valence electrons. The Labute approximate surface area is 265 Å². The number of thiophene rings is 1. The Hall–Kier alpha value is -4.03. The minimum absolute atomic E-state index is 0.0446. The largest absolute Gasteiger partial charge is 0.493 e. The van der Waals surface area contributed by atoms with E-state index in [-0.39, 0.29) is 11.8 Å². The number of hydrogen-bond donors (Lipinski definition) is 1. The van der Waals surface area contributed by atoms with Crippen LogP contribution in [0, 0.1) is 5.82 Å². The van der Waals surface area contributed by atoms with E-state index in [2.05, 4.69) is 21.2 Å². The summed E-state index contributed by atoms with van der Waals surface area (Å²) < 4.78 is 19.8. The lowest BCUT2D eigenvalue weighted by molar-refractivity contribution is -0.130. The van der Waals surface area contributed by atoms with E-state index in [0.29, 0.717) is 74.4 Å². The maximum absolute atomic E-state index is 13.6. The number of nitrogens with zero attached hydrogens (tertiary/aromatic N) is 6. The molecule has 2 aromatic heterocycles. The summed E-state index contributed by atoms with van der Waals surface area (Å²) in [6.45, 7) is 7.59. The van der Waals surface area contributed by atoms with E-state index < -0.39 is 5.82 Å². The Morgan fingerprint density at radius 2 is 1.89 bits per heavy atom. The number of aliphatic imine (C=N–C) groups is 1. The molecule has 3 aromatic rings. The molecule has 1 fully saturated rings. The van der Waals surface area contributed by atoms with Gasteiger partial charge >= 0.3 is 0 Å². The molecule has 0 spiro atoms. The van der Waals surface area contributed by atoms with Gasteiger partial charge in [-0.2, -0.15) is 5.10 Å². The second kappa shape index (κ2) is 15.6. The summed E-state index contributed by atoms with van der Waals surface area (Å²) >= 11 is 8.25. The average Bonchev–Trinajstić information content (AvgIpc) is 3.50. The Morgan fingerprint density at radius 3 is 2.61 bits per heavy atom. The van der Waals surface area contributed by atoms with Crippen LogP contribution in [0.25, 0.3) is 15.7 Å². The molecule has 10 nitrogen and oxygen atoms in total. The van der Waals surface area contributed by atoms with Crippen LogP contribution in [-0.4, -0.2) is 92.0 Å². The number of piperazine rings is 1. The quantitative estimate of drug-likeness (QED) is 0.208. The molecule has 5 rings (SSSR count). The van der Waals surface area contributed by atoms with Crippen molar-refractivity contribution in [1.29, 1.82) is 0 Å². The second-order valence-electron chi connectivity index (χ2n) is 9.88. The van der Waals surface area contributed by atoms with Gasteiger partial charge in [-0.05, 0) is 35.6 Å². The highest BCUT2D eigenvalue weighted by atomic mass is 35.5. The number of aromatic nitrogens is 1. The summed E-state index contributed by atoms with van der Waals surface area (Å²) in [6, 6.07) is 6.96. The predicted octanol–water partition coefficient (Wildman–Crippen LogP) is 5.11. The lowest BCUT2D eigenvalue weighted by atomic mass is 10.1. The fourth-order valence-electron chi connectivity index (χ4n) is 5.11. The average molecular weight is 642 g/mol. The summed E-state index contributed by atoms with van der Waals surface area (Å²) in [7, 11) is 1.48. The number of benzene rings is 1. The van der Waals surface area contributed by atoms with Crippen LogP contribution in [0.5, 0.6) is 5.75 Å². The van der Waals surface area contributed by atoms with Gasteiger partial charge in [-0.3, -0.25) is 14.6 Å². The number of hydrazone groups is 1. The van der Waals surface area contributed by atoms with Gasteiger partial charge in [0.05, 0.1) is 29.2 Å². The number of ether oxygens (including phenoxy) is 1. The molecule has 2 amide bonds. The van der Waals surface area contributed by atoms with Gasteiger partial charge in [-0.15, -0.1) is 11.3 Å². The van der Waals surface area contributed by atoms with Crippen molar-refractivity contribution in [2.75, 3.05) is 57.8 Å². The van der Waals surface area contributed by atoms with Crippen molar-refractivity contribution in [3.8, 4) is 5.75 Å². The maximum Gasteiger partial charge on any atom is 0.254 e. The van der Waals surface area contributed by atoms with E-state index in [0.717, 1.165) is 33.2 Å². The van der Waals surface area contributed by atoms with E-state index in [1.165, 1.54) is 25.6 Å². The highest BCUT2D eigenvalue weighted by Crippen LogP contribution is 2.38. The van der Waals surface area contributed by atoms with Crippen molar-refractivity contribution in [1.82, 2.24) is 14.8 Å². The Balaban J connectivity index is 0.00000216. The van der Waals surface area contributed by atoms with Crippen LogP contribution in [-0.2, 0) is 4.79 Å². The number of hydrogen-bond acceptors (Lipinski definition) is 9. The molecule has 44 heavy (non-hydrogen) atoms. The van der Waals surface area contributed by atoms with Gasteiger partial charge in [0.2, 0.25) is 5.91 Å². The van der Waals surface area contributed by atoms with Crippen LogP contribution in [0.1, 0.15) is 41.9 Å². The third-order valence-corrected chi connectivity index (χ3v) is 8.91. The fraction of sp³-hybridized carbons (Fsp3) is 0.387. The zero-order valence-corrected chi connectivity index (χ0v) is 26.7. The second-order valence-corrected chi connectivity index (χ2v) is 11.3. The van der Waals surface area contributed by atoms with Crippen molar-refractivity contribution >= 4 is 68.7 Å². The van der Waals surface area contributed by atoms with Gasteiger partial charge in [0.25, 0.3) is 5.91 Å². The van der Waals surface area contributed by atoms with E-state index in [1.54, 1.807) is 22.3 Å². The van der Waals surface area contributed by atoms with Gasteiger partial charge < -0.3 is 25.3 Å². The van der Waals surface area contributed by atoms with Crippen LogP contribution in [0.15, 0.2) is 46.6 Å². The highest BCUT2D eigenvalue weighted by molar-refractivity contribution is 7.20. The highest BCUT2D eigenvalue weighted by Gasteiger charge is 2.26. The smallest absolute Gasteiger partial charge is 0.254 e. The van der Waals surface area contributed by atoms with Crippen LogP contribution >= 0.6 is 22.9 Å². The molecule has 0 unspecified atom stereocenters. The number of fused-ring (bicyclic) bond motifs is 1. The first-order valence-corrected chi connectivity index (χ1v) is 15.7. The van der Waals surface area contributed by atoms with Crippen LogP contribution < -0.4 is 15.5 Å². The van der Waals surface area contributed by atoms with Gasteiger partial charge in [-0.1, -0.05) is 31.5 Å². The number of rotatable bonds is 8. The Bertz CT molecular complexity index is 1570. The third-order valence-electron chi connectivity index (χ3n) is 7.24. The topological polar surface area (TPSA) is 117 Å². The molecule has 0 aliphatic carbocycles. The zero-order valence-electron chi connectivity index (χ0n) is 25.1. The van der Waals surface area contributed by atoms with Crippen molar-refractivity contribution < 1.29 is 18.7 Å². The first-order valence-electron chi connectivity index (χ1n) is 14.5. The van der Waals surface area contributed by atoms with Gasteiger partial charge in [0.15, 0.2) is 11.6 Å². The SMILES string of the molecule is CC.COc1cc(F)cnc1N1CCN(C(=O)c2cc(Cl)c3sc(C4=CCCN(C(=O)CCN=C/C=N\N)C4)cc3c2)CC1. The monoisotopic (exact) mass is 641 g/mol. The predicted molar refractivity (Wildman–Crippen MR) is 177 cm³/mol. The summed E-state index contributed by atoms with van der Waals surface area (Å²) in [5, 5.41) is 4.76. The van der Waals surface area contributed by atoms with Crippen molar-refractivity contribution in [2.45, 2.75) is 26.7 Å². The van der Waals surface area contributed by atoms with Crippen molar-refractivity contribution in [2.24, 2.45) is 15.9 Å². The number of pyridine rings is 1. The molecule has 0 bridgehead atoms. The van der Waals surface area contributed by atoms with E-state index >= 15 is 0 Å². The standard InChI is InChI=1S/C29H31ClFN7O3S.C2H6/c1-41-24-16-22(31)17-34-28(24)36-9-11-37(12-10-36)29(40)21-13-20-15-25(42-27(20)23(30)14-21)19-3-2-8-38(18-19)26(39)4-5-33-6-7-35-32;1-2/h3,6-7,13-17H,2,4-5,8-12,18,32H2,1H3;1-2H3/b33-6?,35-7-;. The molecule has 0 radical (unpaired) electrons. The molecule has 2 aliphatic rings. The van der Waals surface area contributed by atoms with Gasteiger partial charge in [0.1, 0.15) is 5.82 Å². The first kappa shape index (κ1) is 32.9. The summed E-state index contributed by atoms with van der Waals surface area (Å²) in [6.07, 6.45) is 7.27. The first-order chi connectivity index (χ1) is 21.4. The molecular weight excluding hydrogens is 605 g/mol. The summed E-state index contributed by atoms with van der Waals surface area (Å²) in [5.74, 6) is 5.45. The molecule has 1 aromatic carbocycles. The minimum atomic E-state index is -0.463. The van der Waals surface area contributed by atoms with E-state index in [9.17, 15) is 14.0 Å². The molecule has 1 saturated heterocycles. The van der Waals surface area contributed by atoms with E-state index in [1.807, 2.05) is 35.8 Å². The lowest BCUT2D eigenvalue weighted by Gasteiger charge is -2.36. The van der Waals surface area contributed by atoms with E-state index in [4.69, 9.17) is 22.2 Å². The molecule has 13 heteroatoms. The molecule has 0 atom stereocenters. The van der Waals surface area contributed by atoms with Crippen molar-refractivity contribution in [3.05, 3.63) is 57.8 Å². The molecule has 4 heterocycles. The number of carbonyl (C=O) groups is 2. The van der Waals surface area contributed by atoms with Crippen LogP contribution in [0.3, 0.4) is 0 Å². The molecule has 0 saturated carbocycles.